The zero-order valence-electron chi connectivity index (χ0n) is 14.2. The van der Waals surface area contributed by atoms with E-state index in [2.05, 4.69) is 10.3 Å². The first-order valence-corrected chi connectivity index (χ1v) is 8.55. The second-order valence-electron chi connectivity index (χ2n) is 6.77. The number of carbonyl (C=O) groups is 1. The van der Waals surface area contributed by atoms with Crippen LogP contribution in [0.4, 0.5) is 5.82 Å². The number of hydrogen-bond acceptors (Lipinski definition) is 5. The molecule has 1 aromatic rings. The second kappa shape index (κ2) is 6.51. The third-order valence-electron chi connectivity index (χ3n) is 5.49. The Morgan fingerprint density at radius 1 is 1.54 bits per heavy atom. The molecule has 1 N–H and O–H groups in total. The Morgan fingerprint density at radius 2 is 2.25 bits per heavy atom. The van der Waals surface area contributed by atoms with Crippen molar-refractivity contribution in [1.82, 2.24) is 14.9 Å². The molecule has 8 nitrogen and oxygen atoms in total. The van der Waals surface area contributed by atoms with Gasteiger partial charge in [-0.3, -0.25) is 9.36 Å². The first-order chi connectivity index (χ1) is 11.5. The summed E-state index contributed by atoms with van der Waals surface area (Å²) in [4.78, 5) is 26.4. The molecule has 0 aromatic carbocycles. The number of hydrogen-bond donors (Lipinski definition) is 1. The number of nitrogens with zero attached hydrogens (tertiary/aromatic N) is 3. The lowest BCUT2D eigenvalue weighted by Gasteiger charge is -2.54. The number of carbonyl (C=O) groups excluding carboxylic acids is 1. The highest BCUT2D eigenvalue weighted by Crippen LogP contribution is 2.54. The van der Waals surface area contributed by atoms with Crippen LogP contribution in [-0.4, -0.2) is 39.1 Å². The van der Waals surface area contributed by atoms with Gasteiger partial charge in [-0.05, 0) is 36.1 Å². The van der Waals surface area contributed by atoms with Crippen LogP contribution in [0.3, 0.4) is 0 Å². The van der Waals surface area contributed by atoms with Gasteiger partial charge in [-0.2, -0.15) is 0 Å². The predicted molar refractivity (Wildman–Crippen MR) is 86.5 cm³/mol. The second-order valence-corrected chi connectivity index (χ2v) is 6.77. The van der Waals surface area contributed by atoms with E-state index < -0.39 is 4.92 Å². The largest absolute Gasteiger partial charge is 0.381 e. The fourth-order valence-electron chi connectivity index (χ4n) is 4.22. The highest BCUT2D eigenvalue weighted by Gasteiger charge is 2.57. The molecule has 0 saturated heterocycles. The summed E-state index contributed by atoms with van der Waals surface area (Å²) in [6, 6.07) is 0.142. The van der Waals surface area contributed by atoms with Crippen molar-refractivity contribution in [1.29, 1.82) is 0 Å². The zero-order chi connectivity index (χ0) is 17.3. The highest BCUT2D eigenvalue weighted by molar-refractivity contribution is 5.76. The summed E-state index contributed by atoms with van der Waals surface area (Å²) in [5.74, 6) is 0.109. The molecule has 1 heterocycles. The van der Waals surface area contributed by atoms with Crippen molar-refractivity contribution in [3.8, 4) is 0 Å². The molecule has 2 saturated carbocycles. The van der Waals surface area contributed by atoms with Crippen LogP contribution in [0.25, 0.3) is 0 Å². The van der Waals surface area contributed by atoms with Crippen molar-refractivity contribution in [3.63, 3.8) is 0 Å². The molecule has 0 radical (unpaired) electrons. The number of aryl methyl sites for hydroxylation is 1. The van der Waals surface area contributed by atoms with Gasteiger partial charge in [0.25, 0.3) is 0 Å². The summed E-state index contributed by atoms with van der Waals surface area (Å²) >= 11 is 0. The quantitative estimate of drug-likeness (QED) is 0.632. The number of aromatic nitrogens is 2. The molecule has 132 valence electrons. The van der Waals surface area contributed by atoms with Gasteiger partial charge in [0.2, 0.25) is 11.7 Å². The molecule has 2 aliphatic carbocycles. The van der Waals surface area contributed by atoms with E-state index in [9.17, 15) is 14.9 Å². The third-order valence-corrected chi connectivity index (χ3v) is 5.49. The van der Waals surface area contributed by atoms with Crippen molar-refractivity contribution in [3.05, 3.63) is 22.1 Å². The van der Waals surface area contributed by atoms with Gasteiger partial charge >= 0.3 is 5.82 Å². The van der Waals surface area contributed by atoms with E-state index in [1.165, 1.54) is 23.6 Å². The average molecular weight is 336 g/mol. The molecule has 2 fully saturated rings. The van der Waals surface area contributed by atoms with Gasteiger partial charge in [0.15, 0.2) is 0 Å². The molecular formula is C16H24N4O4. The van der Waals surface area contributed by atoms with Crippen molar-refractivity contribution >= 4 is 11.7 Å². The molecule has 24 heavy (non-hydrogen) atoms. The van der Waals surface area contributed by atoms with Crippen LogP contribution < -0.4 is 5.32 Å². The van der Waals surface area contributed by atoms with Crippen LogP contribution in [0.5, 0.6) is 0 Å². The predicted octanol–water partition coefficient (Wildman–Crippen LogP) is 1.95. The van der Waals surface area contributed by atoms with E-state index in [4.69, 9.17) is 4.74 Å². The maximum Gasteiger partial charge on any atom is 0.381 e. The normalized spacial score (nSPS) is 24.8. The topological polar surface area (TPSA) is 99.3 Å². The van der Waals surface area contributed by atoms with Crippen LogP contribution in [0.15, 0.2) is 6.20 Å². The molecule has 8 heteroatoms. The Hall–Kier alpha value is -1.96. The number of amides is 1. The van der Waals surface area contributed by atoms with Gasteiger partial charge < -0.3 is 20.2 Å². The smallest absolute Gasteiger partial charge is 0.378 e. The maximum atomic E-state index is 12.4. The fraction of sp³-hybridized carbons (Fsp3) is 0.750. The summed E-state index contributed by atoms with van der Waals surface area (Å²) in [5.41, 5.74) is 0.0850. The van der Waals surface area contributed by atoms with E-state index >= 15 is 0 Å². The van der Waals surface area contributed by atoms with E-state index in [1.807, 2.05) is 6.92 Å². The summed E-state index contributed by atoms with van der Waals surface area (Å²) < 4.78 is 7.37. The molecule has 1 amide bonds. The minimum absolute atomic E-state index is 0.0541. The fourth-order valence-corrected chi connectivity index (χ4v) is 4.22. The van der Waals surface area contributed by atoms with Crippen LogP contribution in [0, 0.1) is 22.5 Å². The molecule has 0 aliphatic heterocycles. The Kier molecular flexibility index (Phi) is 4.58. The van der Waals surface area contributed by atoms with Crippen LogP contribution >= 0.6 is 0 Å². The molecule has 1 aromatic heterocycles. The molecule has 2 aliphatic rings. The molecule has 1 spiro atoms. The number of rotatable bonds is 6. The Balaban J connectivity index is 1.62. The highest BCUT2D eigenvalue weighted by atomic mass is 16.6. The first kappa shape index (κ1) is 16.9. The van der Waals surface area contributed by atoms with Gasteiger partial charge in [-0.25, -0.2) is 0 Å². The molecular weight excluding hydrogens is 312 g/mol. The number of ether oxygens (including phenoxy) is 1. The average Bonchev–Trinajstić information content (AvgIpc) is 3.16. The van der Waals surface area contributed by atoms with Gasteiger partial charge in [-0.1, -0.05) is 12.8 Å². The third kappa shape index (κ3) is 2.90. The molecule has 2 atom stereocenters. The van der Waals surface area contributed by atoms with Crippen LogP contribution in [0.1, 0.15) is 44.9 Å². The lowest BCUT2D eigenvalue weighted by molar-refractivity contribution is -0.389. The zero-order valence-corrected chi connectivity index (χ0v) is 14.2. The molecule has 3 rings (SSSR count). The van der Waals surface area contributed by atoms with E-state index in [-0.39, 0.29) is 35.8 Å². The van der Waals surface area contributed by atoms with Crippen molar-refractivity contribution in [2.24, 2.45) is 5.41 Å². The lowest BCUT2D eigenvalue weighted by Crippen LogP contribution is -2.64. The summed E-state index contributed by atoms with van der Waals surface area (Å²) in [5, 5.41) is 13.9. The number of nitrogens with one attached hydrogen (secondary N) is 1. The Labute approximate surface area is 140 Å². The SMILES string of the molecule is CCO[C@@H]1C[C@H](NC(=O)Cn2cc([N+](=O)[O-])nc2C)C12CCCC2. The number of imidazole rings is 1. The Bertz CT molecular complexity index is 636. The minimum Gasteiger partial charge on any atom is -0.378 e. The molecule has 0 bridgehead atoms. The lowest BCUT2D eigenvalue weighted by atomic mass is 9.60. The van der Waals surface area contributed by atoms with Gasteiger partial charge in [0, 0.05) is 25.0 Å². The van der Waals surface area contributed by atoms with E-state index in [1.54, 1.807) is 6.92 Å². The molecule has 0 unspecified atom stereocenters. The van der Waals surface area contributed by atoms with Gasteiger partial charge in [0.05, 0.1) is 6.10 Å². The summed E-state index contributed by atoms with van der Waals surface area (Å²) in [7, 11) is 0. The van der Waals surface area contributed by atoms with Crippen LogP contribution in [-0.2, 0) is 16.1 Å². The van der Waals surface area contributed by atoms with Gasteiger partial charge in [0.1, 0.15) is 12.7 Å². The van der Waals surface area contributed by atoms with Crippen molar-refractivity contribution in [2.75, 3.05) is 6.61 Å². The van der Waals surface area contributed by atoms with Crippen molar-refractivity contribution in [2.45, 2.75) is 64.6 Å². The maximum absolute atomic E-state index is 12.4. The van der Waals surface area contributed by atoms with Gasteiger partial charge in [-0.15, -0.1) is 0 Å². The van der Waals surface area contributed by atoms with E-state index in [0.29, 0.717) is 12.4 Å². The minimum atomic E-state index is -0.548. The Morgan fingerprint density at radius 3 is 2.83 bits per heavy atom. The summed E-state index contributed by atoms with van der Waals surface area (Å²) in [6.45, 7) is 4.42. The van der Waals surface area contributed by atoms with Crippen LogP contribution in [0.2, 0.25) is 0 Å². The van der Waals surface area contributed by atoms with E-state index in [0.717, 1.165) is 19.3 Å². The number of nitro groups is 1. The standard InChI is InChI=1S/C16H24N4O4/c1-3-24-13-8-12(16(13)6-4-5-7-16)18-15(21)10-19-9-14(20(22)23)17-11(19)2/h9,12-13H,3-8,10H2,1-2H3,(H,18,21)/t12-,13+/m0/s1. The van der Waals surface area contributed by atoms with Crippen molar-refractivity contribution < 1.29 is 14.5 Å². The summed E-state index contributed by atoms with van der Waals surface area (Å²) in [6.07, 6.45) is 6.96. The monoisotopic (exact) mass is 336 g/mol. The first-order valence-electron chi connectivity index (χ1n) is 8.55.